The van der Waals surface area contributed by atoms with Crippen molar-refractivity contribution in [1.29, 1.82) is 0 Å². The average molecular weight is 407 g/mol. The molecule has 0 saturated heterocycles. The lowest BCUT2D eigenvalue weighted by molar-refractivity contribution is -0.384. The third-order valence-electron chi connectivity index (χ3n) is 4.14. The third kappa shape index (κ3) is 3.48. The predicted molar refractivity (Wildman–Crippen MR) is 109 cm³/mol. The van der Waals surface area contributed by atoms with Gasteiger partial charge in [-0.15, -0.1) is 0 Å². The van der Waals surface area contributed by atoms with Crippen LogP contribution in [0, 0.1) is 17.0 Å². The van der Waals surface area contributed by atoms with Crippen LogP contribution in [0.3, 0.4) is 0 Å². The van der Waals surface area contributed by atoms with E-state index in [-0.39, 0.29) is 17.1 Å². The molecule has 2 aromatic carbocycles. The van der Waals surface area contributed by atoms with Gasteiger partial charge in [0.05, 0.1) is 15.1 Å². The Bertz CT molecular complexity index is 1290. The maximum absolute atomic E-state index is 12.7. The number of hydrogen-bond acceptors (Lipinski definition) is 7. The lowest BCUT2D eigenvalue weighted by Crippen LogP contribution is -2.27. The fraction of sp³-hybridized carbons (Fsp3) is 0.0526. The summed E-state index contributed by atoms with van der Waals surface area (Å²) in [6.07, 6.45) is 0. The van der Waals surface area contributed by atoms with Crippen molar-refractivity contribution in [2.45, 2.75) is 6.92 Å². The molecule has 0 aliphatic carbocycles. The Morgan fingerprint density at radius 1 is 1.17 bits per heavy atom. The van der Waals surface area contributed by atoms with Crippen LogP contribution >= 0.6 is 11.3 Å². The Morgan fingerprint density at radius 3 is 2.66 bits per heavy atom. The summed E-state index contributed by atoms with van der Waals surface area (Å²) >= 11 is 1.27. The molecule has 4 rings (SSSR count). The highest BCUT2D eigenvalue weighted by molar-refractivity contribution is 7.22. The van der Waals surface area contributed by atoms with Gasteiger partial charge >= 0.3 is 0 Å². The number of anilines is 1. The molecule has 1 N–H and O–H groups in total. The first-order chi connectivity index (χ1) is 13.9. The fourth-order valence-electron chi connectivity index (χ4n) is 2.83. The van der Waals surface area contributed by atoms with Gasteiger partial charge in [-0.05, 0) is 25.1 Å². The van der Waals surface area contributed by atoms with Gasteiger partial charge in [0, 0.05) is 17.8 Å². The van der Waals surface area contributed by atoms with Crippen molar-refractivity contribution in [3.05, 3.63) is 86.3 Å². The molecule has 0 bridgehead atoms. The molecule has 0 atom stereocenters. The van der Waals surface area contributed by atoms with Gasteiger partial charge in [-0.3, -0.25) is 25.0 Å². The molecule has 4 aromatic rings. The highest BCUT2D eigenvalue weighted by Gasteiger charge is 2.21. The van der Waals surface area contributed by atoms with Crippen LogP contribution in [0.4, 0.5) is 10.8 Å². The van der Waals surface area contributed by atoms with E-state index < -0.39 is 16.3 Å². The number of para-hydroxylation sites is 3. The molecule has 9 nitrogen and oxygen atoms in total. The van der Waals surface area contributed by atoms with Gasteiger partial charge in [0.15, 0.2) is 10.8 Å². The van der Waals surface area contributed by atoms with E-state index in [1.807, 2.05) is 24.3 Å². The second-order valence-electron chi connectivity index (χ2n) is 6.10. The van der Waals surface area contributed by atoms with Crippen LogP contribution in [-0.2, 0) is 0 Å². The maximum Gasteiger partial charge on any atom is 0.294 e. The normalized spacial score (nSPS) is 10.8. The minimum atomic E-state index is -0.735. The van der Waals surface area contributed by atoms with Gasteiger partial charge in [0.25, 0.3) is 11.6 Å². The molecule has 0 aliphatic heterocycles. The summed E-state index contributed by atoms with van der Waals surface area (Å²) in [7, 11) is 0. The summed E-state index contributed by atoms with van der Waals surface area (Å²) in [5.74, 6) is -0.735. The topological polar surface area (TPSA) is 120 Å². The Balaban J connectivity index is 1.75. The summed E-state index contributed by atoms with van der Waals surface area (Å²) in [6.45, 7) is 1.58. The van der Waals surface area contributed by atoms with E-state index in [2.05, 4.69) is 15.4 Å². The zero-order valence-electron chi connectivity index (χ0n) is 15.0. The smallest absolute Gasteiger partial charge is 0.294 e. The summed E-state index contributed by atoms with van der Waals surface area (Å²) in [6, 6.07) is 14.6. The lowest BCUT2D eigenvalue weighted by Gasteiger charge is -2.11. The van der Waals surface area contributed by atoms with Crippen LogP contribution < -0.4 is 10.7 Å². The molecular weight excluding hydrogens is 394 g/mol. The molecule has 29 heavy (non-hydrogen) atoms. The molecule has 144 valence electrons. The molecule has 0 radical (unpaired) electrons. The number of fused-ring (bicyclic) bond motifs is 1. The predicted octanol–water partition coefficient (Wildman–Crippen LogP) is 3.31. The van der Waals surface area contributed by atoms with E-state index in [1.165, 1.54) is 40.3 Å². The van der Waals surface area contributed by atoms with E-state index in [4.69, 9.17) is 0 Å². The Labute approximate surface area is 167 Å². The monoisotopic (exact) mass is 407 g/mol. The number of thiazole rings is 1. The van der Waals surface area contributed by atoms with Gasteiger partial charge in [0.2, 0.25) is 5.43 Å². The van der Waals surface area contributed by atoms with Crippen molar-refractivity contribution in [2.24, 2.45) is 0 Å². The molecule has 0 aliphatic rings. The first-order valence-electron chi connectivity index (χ1n) is 8.46. The number of aryl methyl sites for hydroxylation is 1. The zero-order chi connectivity index (χ0) is 20.5. The Hall–Kier alpha value is -3.92. The van der Waals surface area contributed by atoms with E-state index in [0.29, 0.717) is 10.8 Å². The van der Waals surface area contributed by atoms with E-state index >= 15 is 0 Å². The van der Waals surface area contributed by atoms with Crippen LogP contribution in [0.15, 0.2) is 59.4 Å². The molecule has 2 aromatic heterocycles. The summed E-state index contributed by atoms with van der Waals surface area (Å²) in [4.78, 5) is 40.1. The summed E-state index contributed by atoms with van der Waals surface area (Å²) < 4.78 is 2.10. The summed E-state index contributed by atoms with van der Waals surface area (Å²) in [5, 5.41) is 18.3. The molecule has 2 heterocycles. The van der Waals surface area contributed by atoms with Crippen LogP contribution in [0.5, 0.6) is 0 Å². The Morgan fingerprint density at radius 2 is 1.90 bits per heavy atom. The van der Waals surface area contributed by atoms with Crippen LogP contribution in [-0.4, -0.2) is 25.6 Å². The quantitative estimate of drug-likeness (QED) is 0.409. The highest BCUT2D eigenvalue weighted by Crippen LogP contribution is 2.26. The zero-order valence-corrected chi connectivity index (χ0v) is 15.8. The number of nitro benzene ring substituents is 1. The molecule has 0 saturated carbocycles. The fourth-order valence-corrected chi connectivity index (χ4v) is 3.69. The highest BCUT2D eigenvalue weighted by atomic mass is 32.1. The lowest BCUT2D eigenvalue weighted by atomic mass is 10.2. The SMILES string of the molecule is Cc1cc(=O)c(C(=O)Nc2nc3ccccc3s2)nn1-c1ccccc1[N+](=O)[O-]. The molecule has 0 spiro atoms. The van der Waals surface area contributed by atoms with Crippen LogP contribution in [0.1, 0.15) is 16.2 Å². The van der Waals surface area contributed by atoms with Gasteiger partial charge in [0.1, 0.15) is 5.69 Å². The number of hydrogen-bond donors (Lipinski definition) is 1. The van der Waals surface area contributed by atoms with Crippen molar-refractivity contribution in [3.63, 3.8) is 0 Å². The number of nitrogens with one attached hydrogen (secondary N) is 1. The van der Waals surface area contributed by atoms with Gasteiger partial charge in [-0.1, -0.05) is 35.6 Å². The van der Waals surface area contributed by atoms with Crippen LogP contribution in [0.2, 0.25) is 0 Å². The van der Waals surface area contributed by atoms with Gasteiger partial charge in [-0.2, -0.15) is 5.10 Å². The number of nitrogens with zero attached hydrogens (tertiary/aromatic N) is 4. The molecule has 0 unspecified atom stereocenters. The minimum Gasteiger partial charge on any atom is -0.296 e. The van der Waals surface area contributed by atoms with Crippen molar-refractivity contribution < 1.29 is 9.72 Å². The maximum atomic E-state index is 12.7. The van der Waals surface area contributed by atoms with Crippen molar-refractivity contribution in [2.75, 3.05) is 5.32 Å². The second-order valence-corrected chi connectivity index (χ2v) is 7.13. The van der Waals surface area contributed by atoms with E-state index in [1.54, 1.807) is 13.0 Å². The molecule has 10 heteroatoms. The Kier molecular flexibility index (Phi) is 4.61. The second kappa shape index (κ2) is 7.24. The number of rotatable bonds is 4. The third-order valence-corrected chi connectivity index (χ3v) is 5.10. The number of nitro groups is 1. The number of aromatic nitrogens is 3. The largest absolute Gasteiger partial charge is 0.296 e. The number of benzene rings is 2. The number of amides is 1. The van der Waals surface area contributed by atoms with Crippen molar-refractivity contribution in [1.82, 2.24) is 14.8 Å². The standard InChI is InChI=1S/C19H13N5O4S/c1-11-10-15(25)17(22-23(11)13-7-3-4-8-14(13)24(27)28)18(26)21-19-20-12-6-2-5-9-16(12)29-19/h2-10H,1H3,(H,20,21,26). The molecular formula is C19H13N5O4S. The van der Waals surface area contributed by atoms with E-state index in [0.717, 1.165) is 10.2 Å². The van der Waals surface area contributed by atoms with Crippen molar-refractivity contribution >= 4 is 38.3 Å². The molecule has 0 fully saturated rings. The van der Waals surface area contributed by atoms with E-state index in [9.17, 15) is 19.7 Å². The van der Waals surface area contributed by atoms with Gasteiger partial charge in [-0.25, -0.2) is 9.67 Å². The first kappa shape index (κ1) is 18.4. The minimum absolute atomic E-state index is 0.157. The number of carbonyl (C=O) groups excluding carboxylic acids is 1. The first-order valence-corrected chi connectivity index (χ1v) is 9.27. The average Bonchev–Trinajstić information content (AvgIpc) is 3.10. The molecule has 1 amide bonds. The van der Waals surface area contributed by atoms with Crippen molar-refractivity contribution in [3.8, 4) is 5.69 Å². The van der Waals surface area contributed by atoms with Crippen LogP contribution in [0.25, 0.3) is 15.9 Å². The van der Waals surface area contributed by atoms with Gasteiger partial charge < -0.3 is 0 Å². The number of carbonyl (C=O) groups is 1. The summed E-state index contributed by atoms with van der Waals surface area (Å²) in [5.41, 5.74) is 0.0834.